The highest BCUT2D eigenvalue weighted by Crippen LogP contribution is 2.54. The minimum absolute atomic E-state index is 0.184. The average Bonchev–Trinajstić information content (AvgIpc) is 3.20. The van der Waals surface area contributed by atoms with Gasteiger partial charge in [-0.2, -0.15) is 5.10 Å². The number of amides is 2. The lowest BCUT2D eigenvalue weighted by Gasteiger charge is -2.60. The number of hydrogen-bond donors (Lipinski definition) is 2. The van der Waals surface area contributed by atoms with Crippen molar-refractivity contribution in [2.45, 2.75) is 45.6 Å². The van der Waals surface area contributed by atoms with Crippen LogP contribution in [0.2, 0.25) is 0 Å². The van der Waals surface area contributed by atoms with E-state index < -0.39 is 0 Å². The molecule has 3 heterocycles. The lowest BCUT2D eigenvalue weighted by atomic mass is 9.61. The van der Waals surface area contributed by atoms with E-state index in [1.807, 2.05) is 14.5 Å². The number of aromatic nitrogens is 3. The number of nitrogens with zero attached hydrogens (tertiary/aromatic N) is 5. The van der Waals surface area contributed by atoms with E-state index >= 15 is 0 Å². The Morgan fingerprint density at radius 1 is 1.18 bits per heavy atom. The van der Waals surface area contributed by atoms with Crippen LogP contribution in [0.1, 0.15) is 56.7 Å². The van der Waals surface area contributed by atoms with Gasteiger partial charge >= 0.3 is 6.03 Å². The van der Waals surface area contributed by atoms with Crippen LogP contribution in [0, 0.1) is 10.8 Å². The Hall–Kier alpha value is -3.03. The number of nitrogens with two attached hydrogens (primary N) is 1. The van der Waals surface area contributed by atoms with Crippen molar-refractivity contribution >= 4 is 11.7 Å². The topological polar surface area (TPSA) is 92.3 Å². The van der Waals surface area contributed by atoms with E-state index in [9.17, 15) is 4.79 Å². The number of carbonyl (C=O) groups is 1. The van der Waals surface area contributed by atoms with Crippen LogP contribution in [-0.4, -0.2) is 63.3 Å². The van der Waals surface area contributed by atoms with Gasteiger partial charge in [0.05, 0.1) is 11.7 Å². The first-order valence-corrected chi connectivity index (χ1v) is 11.9. The number of urea groups is 1. The molecule has 5 rings (SSSR count). The van der Waals surface area contributed by atoms with Gasteiger partial charge in [-0.3, -0.25) is 0 Å². The molecule has 8 heteroatoms. The van der Waals surface area contributed by atoms with E-state index in [0.29, 0.717) is 17.4 Å². The third-order valence-electron chi connectivity index (χ3n) is 7.29. The summed E-state index contributed by atoms with van der Waals surface area (Å²) in [5.41, 5.74) is 9.67. The number of nitrogens with one attached hydrogen (secondary N) is 1. The highest BCUT2D eigenvalue weighted by Gasteiger charge is 2.55. The van der Waals surface area contributed by atoms with Crippen molar-refractivity contribution in [3.8, 4) is 0 Å². The van der Waals surface area contributed by atoms with Crippen LogP contribution in [0.5, 0.6) is 0 Å². The summed E-state index contributed by atoms with van der Waals surface area (Å²) in [6.45, 7) is 10.8. The molecule has 1 spiro atoms. The molecule has 8 nitrogen and oxygen atoms in total. The molecule has 0 bridgehead atoms. The number of benzene rings is 1. The van der Waals surface area contributed by atoms with Gasteiger partial charge < -0.3 is 20.9 Å². The van der Waals surface area contributed by atoms with Gasteiger partial charge in [-0.15, -0.1) is 0 Å². The standard InChI is InChI=1S/C25H35N7O/c1-24(2,3)13-28-22(10-26)19-6-4-18(5-7-19)20-11-30(12-20)23(33)31-14-25(15-31)8-21(9-25)32-17-27-16-29-32/h4-7,10,16-17,20-21,28H,8-9,11-15,26H2,1-3H3/b22-10-. The SMILES string of the molecule is CC(C)(C)CN/C(=C\N)c1ccc(C2CN(C(=O)N3CC4(CC(n5cncn5)C4)C3)C2)cc1. The summed E-state index contributed by atoms with van der Waals surface area (Å²) in [6.07, 6.45) is 7.22. The second kappa shape index (κ2) is 8.08. The van der Waals surface area contributed by atoms with Crippen LogP contribution in [0.3, 0.4) is 0 Å². The van der Waals surface area contributed by atoms with Gasteiger partial charge in [0, 0.05) is 50.3 Å². The van der Waals surface area contributed by atoms with Crippen LogP contribution in [0.4, 0.5) is 4.79 Å². The summed E-state index contributed by atoms with van der Waals surface area (Å²) in [4.78, 5) is 20.9. The predicted octanol–water partition coefficient (Wildman–Crippen LogP) is 3.03. The van der Waals surface area contributed by atoms with Crippen molar-refractivity contribution < 1.29 is 4.79 Å². The lowest BCUT2D eigenvalue weighted by Crippen LogP contribution is -2.67. The molecule has 3 aliphatic rings. The molecule has 1 aromatic heterocycles. The fourth-order valence-electron chi connectivity index (χ4n) is 5.29. The molecule has 3 fully saturated rings. The minimum Gasteiger partial charge on any atom is -0.403 e. The van der Waals surface area contributed by atoms with Crippen molar-refractivity contribution in [1.82, 2.24) is 29.9 Å². The van der Waals surface area contributed by atoms with E-state index in [0.717, 1.165) is 56.8 Å². The van der Waals surface area contributed by atoms with E-state index in [4.69, 9.17) is 5.73 Å². The normalized spacial score (nSPS) is 20.9. The van der Waals surface area contributed by atoms with Gasteiger partial charge in [0.1, 0.15) is 12.7 Å². The molecule has 176 valence electrons. The molecule has 3 N–H and O–H groups in total. The molecule has 1 aliphatic carbocycles. The van der Waals surface area contributed by atoms with Crippen LogP contribution in [0.15, 0.2) is 43.1 Å². The van der Waals surface area contributed by atoms with Gasteiger partial charge in [-0.25, -0.2) is 14.5 Å². The largest absolute Gasteiger partial charge is 0.403 e. The number of hydrogen-bond acceptors (Lipinski definition) is 5. The fraction of sp³-hybridized carbons (Fsp3) is 0.560. The first-order chi connectivity index (χ1) is 15.8. The zero-order valence-corrected chi connectivity index (χ0v) is 19.9. The molecule has 33 heavy (non-hydrogen) atoms. The first kappa shape index (κ1) is 21.8. The summed E-state index contributed by atoms with van der Waals surface area (Å²) in [5, 5.41) is 7.69. The zero-order valence-electron chi connectivity index (χ0n) is 19.9. The molecule has 2 amide bonds. The van der Waals surface area contributed by atoms with Gasteiger partial charge in [0.25, 0.3) is 0 Å². The van der Waals surface area contributed by atoms with Crippen molar-refractivity contribution in [2.24, 2.45) is 16.6 Å². The first-order valence-electron chi connectivity index (χ1n) is 11.9. The molecule has 1 saturated carbocycles. The third-order valence-corrected chi connectivity index (χ3v) is 7.29. The summed E-state index contributed by atoms with van der Waals surface area (Å²) in [5.74, 6) is 0.409. The maximum atomic E-state index is 12.9. The Kier molecular flexibility index (Phi) is 5.34. The molecule has 2 aliphatic heterocycles. The third kappa shape index (κ3) is 4.30. The van der Waals surface area contributed by atoms with E-state index in [1.54, 1.807) is 18.9 Å². The smallest absolute Gasteiger partial charge is 0.320 e. The van der Waals surface area contributed by atoms with Crippen LogP contribution in [0.25, 0.3) is 5.70 Å². The minimum atomic E-state index is 0.184. The lowest BCUT2D eigenvalue weighted by molar-refractivity contribution is -0.0771. The number of carbonyl (C=O) groups excluding carboxylic acids is 1. The van der Waals surface area contributed by atoms with Crippen molar-refractivity contribution in [1.29, 1.82) is 0 Å². The zero-order chi connectivity index (χ0) is 23.2. The highest BCUT2D eigenvalue weighted by molar-refractivity contribution is 5.77. The molecule has 2 saturated heterocycles. The molecule has 1 aromatic carbocycles. The monoisotopic (exact) mass is 449 g/mol. The quantitative estimate of drug-likeness (QED) is 0.732. The van der Waals surface area contributed by atoms with Gasteiger partial charge in [0.2, 0.25) is 0 Å². The van der Waals surface area contributed by atoms with Crippen LogP contribution < -0.4 is 11.1 Å². The van der Waals surface area contributed by atoms with E-state index in [-0.39, 0.29) is 11.4 Å². The van der Waals surface area contributed by atoms with E-state index in [1.165, 1.54) is 5.56 Å². The Morgan fingerprint density at radius 3 is 2.45 bits per heavy atom. The Labute approximate surface area is 195 Å². The summed E-state index contributed by atoms with van der Waals surface area (Å²) < 4.78 is 1.95. The summed E-state index contributed by atoms with van der Waals surface area (Å²) in [6, 6.07) is 9.21. The average molecular weight is 450 g/mol. The van der Waals surface area contributed by atoms with Gasteiger partial charge in [-0.1, -0.05) is 45.0 Å². The van der Waals surface area contributed by atoms with Crippen molar-refractivity contribution in [3.05, 3.63) is 54.2 Å². The maximum Gasteiger partial charge on any atom is 0.320 e. The van der Waals surface area contributed by atoms with Gasteiger partial charge in [0.15, 0.2) is 0 Å². The molecule has 0 radical (unpaired) electrons. The number of likely N-dealkylation sites (tertiary alicyclic amines) is 2. The van der Waals surface area contributed by atoms with E-state index in [2.05, 4.69) is 60.4 Å². The molecular weight excluding hydrogens is 414 g/mol. The summed E-state index contributed by atoms with van der Waals surface area (Å²) >= 11 is 0. The van der Waals surface area contributed by atoms with Gasteiger partial charge in [-0.05, 0) is 29.4 Å². The Morgan fingerprint density at radius 2 is 1.88 bits per heavy atom. The molecular formula is C25H35N7O. The summed E-state index contributed by atoms with van der Waals surface area (Å²) in [7, 11) is 0. The van der Waals surface area contributed by atoms with Crippen LogP contribution >= 0.6 is 0 Å². The van der Waals surface area contributed by atoms with Crippen molar-refractivity contribution in [3.63, 3.8) is 0 Å². The fourth-order valence-corrected chi connectivity index (χ4v) is 5.29. The Balaban J connectivity index is 1.08. The second-order valence-corrected chi connectivity index (χ2v) is 11.3. The maximum absolute atomic E-state index is 12.9. The molecule has 0 unspecified atom stereocenters. The number of rotatable bonds is 5. The Bertz CT molecular complexity index is 1000. The predicted molar refractivity (Wildman–Crippen MR) is 128 cm³/mol. The second-order valence-electron chi connectivity index (χ2n) is 11.3. The molecule has 2 aromatic rings. The molecule has 0 atom stereocenters. The van der Waals surface area contributed by atoms with Crippen LogP contribution in [-0.2, 0) is 0 Å². The van der Waals surface area contributed by atoms with Crippen molar-refractivity contribution in [2.75, 3.05) is 32.7 Å². The highest BCUT2D eigenvalue weighted by atomic mass is 16.2.